The second-order valence-electron chi connectivity index (χ2n) is 26.8. The van der Waals surface area contributed by atoms with Crippen LogP contribution in [0, 0.1) is 0 Å². The van der Waals surface area contributed by atoms with Gasteiger partial charge in [0.2, 0.25) is 5.91 Å². The van der Waals surface area contributed by atoms with E-state index in [1.807, 2.05) is 6.08 Å². The summed E-state index contributed by atoms with van der Waals surface area (Å²) in [6.07, 6.45) is 109. The molecule has 0 spiro atoms. The van der Waals surface area contributed by atoms with Gasteiger partial charge in [-0.15, -0.1) is 0 Å². The predicted molar refractivity (Wildman–Crippen MR) is 382 cm³/mol. The maximum absolute atomic E-state index is 12.6. The number of allylic oxidation sites excluding steroid dienone is 9. The first kappa shape index (κ1) is 83.1. The average molecular weight is 1190 g/mol. The molecule has 0 radical (unpaired) electrons. The highest BCUT2D eigenvalue weighted by molar-refractivity contribution is 5.76. The van der Waals surface area contributed by atoms with Crippen molar-refractivity contribution >= 4 is 5.91 Å². The topological polar surface area (TPSA) is 69.6 Å². The van der Waals surface area contributed by atoms with Gasteiger partial charge >= 0.3 is 0 Å². The third kappa shape index (κ3) is 72.7. The minimum atomic E-state index is -0.841. The number of carbonyl (C=O) groups is 1. The van der Waals surface area contributed by atoms with Crippen molar-refractivity contribution in [2.75, 3.05) is 6.61 Å². The highest BCUT2D eigenvalue weighted by Crippen LogP contribution is 2.20. The van der Waals surface area contributed by atoms with E-state index in [4.69, 9.17) is 0 Å². The van der Waals surface area contributed by atoms with Crippen molar-refractivity contribution in [3.8, 4) is 0 Å². The molecule has 0 aliphatic heterocycles. The molecule has 0 aliphatic rings. The molecule has 0 bridgehead atoms. The molecule has 2 unspecified atom stereocenters. The van der Waals surface area contributed by atoms with Crippen molar-refractivity contribution in [1.82, 2.24) is 5.32 Å². The lowest BCUT2D eigenvalue weighted by Gasteiger charge is -2.20. The minimum absolute atomic E-state index is 0.0546. The zero-order valence-electron chi connectivity index (χ0n) is 57.9. The molecule has 0 aromatic heterocycles. The van der Waals surface area contributed by atoms with Crippen LogP contribution in [0.2, 0.25) is 0 Å². The van der Waals surface area contributed by atoms with Gasteiger partial charge in [0.1, 0.15) is 0 Å². The molecule has 3 N–H and O–H groups in total. The predicted octanol–water partition coefficient (Wildman–Crippen LogP) is 27.0. The molecular formula is C81H153NO3. The molecule has 0 saturated heterocycles. The summed E-state index contributed by atoms with van der Waals surface area (Å²) in [4.78, 5) is 12.6. The van der Waals surface area contributed by atoms with Crippen LogP contribution in [0.5, 0.6) is 0 Å². The number of hydrogen-bond donors (Lipinski definition) is 3. The summed E-state index contributed by atoms with van der Waals surface area (Å²) in [5.41, 5.74) is 0. The second-order valence-corrected chi connectivity index (χ2v) is 26.8. The molecule has 85 heavy (non-hydrogen) atoms. The number of aliphatic hydroxyl groups is 2. The highest BCUT2D eigenvalue weighted by Gasteiger charge is 2.18. The van der Waals surface area contributed by atoms with E-state index >= 15 is 0 Å². The smallest absolute Gasteiger partial charge is 0.220 e. The molecular weight excluding hydrogens is 1030 g/mol. The zero-order chi connectivity index (χ0) is 61.2. The molecule has 0 aromatic carbocycles. The number of amides is 1. The molecule has 0 fully saturated rings. The van der Waals surface area contributed by atoms with Gasteiger partial charge in [-0.2, -0.15) is 0 Å². The number of carbonyl (C=O) groups excluding carboxylic acids is 1. The van der Waals surface area contributed by atoms with E-state index in [2.05, 4.69) is 67.8 Å². The Morgan fingerprint density at radius 3 is 0.776 bits per heavy atom. The van der Waals surface area contributed by atoms with E-state index in [9.17, 15) is 15.0 Å². The fraction of sp³-hybridized carbons (Fsp3) is 0.864. The molecule has 0 saturated carbocycles. The van der Waals surface area contributed by atoms with Crippen LogP contribution < -0.4 is 5.32 Å². The van der Waals surface area contributed by atoms with Crippen molar-refractivity contribution < 1.29 is 15.0 Å². The van der Waals surface area contributed by atoms with Gasteiger partial charge in [0.05, 0.1) is 18.8 Å². The molecule has 4 heteroatoms. The number of unbranched alkanes of at least 4 members (excludes halogenated alkanes) is 58. The number of aliphatic hydroxyl groups excluding tert-OH is 2. The molecule has 2 atom stereocenters. The van der Waals surface area contributed by atoms with Gasteiger partial charge in [0, 0.05) is 6.42 Å². The largest absolute Gasteiger partial charge is 0.394 e. The lowest BCUT2D eigenvalue weighted by Crippen LogP contribution is -2.45. The number of hydrogen-bond acceptors (Lipinski definition) is 3. The maximum atomic E-state index is 12.6. The molecule has 500 valence electrons. The first-order valence-corrected chi connectivity index (χ1v) is 39.0. The van der Waals surface area contributed by atoms with Crippen LogP contribution in [-0.4, -0.2) is 34.9 Å². The number of rotatable bonds is 73. The molecule has 0 heterocycles. The Hall–Kier alpha value is -1.91. The van der Waals surface area contributed by atoms with Crippen molar-refractivity contribution in [3.05, 3.63) is 60.8 Å². The summed E-state index contributed by atoms with van der Waals surface area (Å²) >= 11 is 0. The fourth-order valence-electron chi connectivity index (χ4n) is 12.4. The summed E-state index contributed by atoms with van der Waals surface area (Å²) in [7, 11) is 0. The Kier molecular flexibility index (Phi) is 74.6. The monoisotopic (exact) mass is 1190 g/mol. The summed E-state index contributed by atoms with van der Waals surface area (Å²) in [5.74, 6) is -0.0546. The van der Waals surface area contributed by atoms with Gasteiger partial charge in [0.25, 0.3) is 0 Å². The van der Waals surface area contributed by atoms with Gasteiger partial charge in [-0.3, -0.25) is 4.79 Å². The van der Waals surface area contributed by atoms with E-state index in [-0.39, 0.29) is 12.5 Å². The third-order valence-corrected chi connectivity index (χ3v) is 18.3. The van der Waals surface area contributed by atoms with Gasteiger partial charge in [-0.1, -0.05) is 428 Å². The maximum Gasteiger partial charge on any atom is 0.220 e. The lowest BCUT2D eigenvalue weighted by atomic mass is 10.0. The second kappa shape index (κ2) is 76.3. The van der Waals surface area contributed by atoms with Crippen LogP contribution in [0.15, 0.2) is 60.8 Å². The van der Waals surface area contributed by atoms with E-state index in [1.54, 1.807) is 6.08 Å². The van der Waals surface area contributed by atoms with Gasteiger partial charge in [-0.25, -0.2) is 0 Å². The summed E-state index contributed by atoms with van der Waals surface area (Å²) in [6.45, 7) is 4.24. The van der Waals surface area contributed by atoms with Crippen LogP contribution in [0.4, 0.5) is 0 Å². The Morgan fingerprint density at radius 2 is 0.518 bits per heavy atom. The average Bonchev–Trinajstić information content (AvgIpc) is 3.51. The molecule has 0 aromatic rings. The van der Waals surface area contributed by atoms with E-state index in [1.165, 1.54) is 360 Å². The van der Waals surface area contributed by atoms with Gasteiger partial charge in [-0.05, 0) is 57.8 Å². The van der Waals surface area contributed by atoms with Crippen molar-refractivity contribution in [3.63, 3.8) is 0 Å². The quantitative estimate of drug-likeness (QED) is 0.0420. The molecule has 0 rings (SSSR count). The third-order valence-electron chi connectivity index (χ3n) is 18.3. The summed E-state index contributed by atoms with van der Waals surface area (Å²) < 4.78 is 0. The molecule has 4 nitrogen and oxygen atoms in total. The summed E-state index contributed by atoms with van der Waals surface area (Å²) in [6, 6.07) is -0.623. The van der Waals surface area contributed by atoms with Crippen molar-refractivity contribution in [2.45, 2.75) is 443 Å². The fourth-order valence-corrected chi connectivity index (χ4v) is 12.4. The van der Waals surface area contributed by atoms with Gasteiger partial charge < -0.3 is 15.5 Å². The van der Waals surface area contributed by atoms with Crippen LogP contribution in [0.3, 0.4) is 0 Å². The van der Waals surface area contributed by atoms with E-state index in [0.29, 0.717) is 6.42 Å². The standard InChI is InChI=1S/C81H153NO3/c1-3-5-7-9-11-13-15-17-19-21-23-25-27-29-31-33-35-37-38-39-40-41-42-43-44-45-47-49-51-53-55-57-59-61-63-65-67-69-71-73-75-77-81(85)82-79(78-83)80(84)76-74-72-70-68-66-64-62-60-58-56-54-52-50-48-46-36-34-32-30-28-26-24-22-20-18-16-14-12-10-8-6-4-2/h5,7,11,13,17,19,23,25,74,76,79-80,83-84H,3-4,6,8-10,12,14-16,18,20-22,24,26-73,75,77-78H2,1-2H3,(H,82,85)/b7-5-,13-11-,19-17-,25-23-,76-74+. The van der Waals surface area contributed by atoms with Crippen molar-refractivity contribution in [2.24, 2.45) is 0 Å². The van der Waals surface area contributed by atoms with E-state index < -0.39 is 12.1 Å². The van der Waals surface area contributed by atoms with Crippen LogP contribution in [0.25, 0.3) is 0 Å². The Balaban J connectivity index is 3.39. The van der Waals surface area contributed by atoms with Gasteiger partial charge in [0.15, 0.2) is 0 Å². The molecule has 0 aliphatic carbocycles. The Bertz CT molecular complexity index is 1400. The first-order chi connectivity index (χ1) is 42.2. The SMILES string of the molecule is CC/C=C\C/C=C\C/C=C\C/C=C\CCCCCCCCCCCCCCCCCCCCCCCCCCCCCCC(=O)NC(CO)C(O)/C=C/CCCCCCCCCCCCCCCCCCCCCCCCCCCCCCCC. The number of nitrogens with one attached hydrogen (secondary N) is 1. The lowest BCUT2D eigenvalue weighted by molar-refractivity contribution is -0.123. The van der Waals surface area contributed by atoms with Crippen LogP contribution in [0.1, 0.15) is 431 Å². The van der Waals surface area contributed by atoms with E-state index in [0.717, 1.165) is 51.4 Å². The van der Waals surface area contributed by atoms with Crippen LogP contribution >= 0.6 is 0 Å². The normalized spacial score (nSPS) is 12.9. The zero-order valence-corrected chi connectivity index (χ0v) is 57.9. The van der Waals surface area contributed by atoms with Crippen LogP contribution in [-0.2, 0) is 4.79 Å². The Morgan fingerprint density at radius 1 is 0.294 bits per heavy atom. The first-order valence-electron chi connectivity index (χ1n) is 39.0. The molecule has 1 amide bonds. The Labute approximate surface area is 534 Å². The minimum Gasteiger partial charge on any atom is -0.394 e. The highest BCUT2D eigenvalue weighted by atomic mass is 16.3. The summed E-state index contributed by atoms with van der Waals surface area (Å²) in [5, 5.41) is 23.4. The van der Waals surface area contributed by atoms with Crippen molar-refractivity contribution in [1.29, 1.82) is 0 Å².